The van der Waals surface area contributed by atoms with E-state index < -0.39 is 5.60 Å². The lowest BCUT2D eigenvalue weighted by molar-refractivity contribution is -0.0411. The lowest BCUT2D eigenvalue weighted by Gasteiger charge is -2.35. The van der Waals surface area contributed by atoms with Gasteiger partial charge >= 0.3 is 0 Å². The van der Waals surface area contributed by atoms with Crippen LogP contribution < -0.4 is 0 Å². The molecule has 1 aromatic carbocycles. The van der Waals surface area contributed by atoms with Crippen molar-refractivity contribution < 1.29 is 9.53 Å². The van der Waals surface area contributed by atoms with E-state index >= 15 is 0 Å². The summed E-state index contributed by atoms with van der Waals surface area (Å²) in [5, 5.41) is 0. The molecule has 1 aliphatic rings. The standard InChI is InChI=1S/C19H28O2/c1-5-21-19(13-7-6-8-14-19)17(20)15-9-11-16(12-10-15)18(2,3)4/h9-12H,5-8,13-14H2,1-4H3. The monoisotopic (exact) mass is 288 g/mol. The Morgan fingerprint density at radius 2 is 1.67 bits per heavy atom. The number of rotatable bonds is 4. The van der Waals surface area contributed by atoms with E-state index in [0.717, 1.165) is 31.2 Å². The molecule has 0 amide bonds. The maximum atomic E-state index is 12.9. The van der Waals surface area contributed by atoms with Gasteiger partial charge in [0.05, 0.1) is 0 Å². The molecule has 0 spiro atoms. The summed E-state index contributed by atoms with van der Waals surface area (Å²) in [7, 11) is 0. The lowest BCUT2D eigenvalue weighted by atomic mass is 9.78. The smallest absolute Gasteiger partial charge is 0.194 e. The number of hydrogen-bond acceptors (Lipinski definition) is 2. The van der Waals surface area contributed by atoms with E-state index in [-0.39, 0.29) is 11.2 Å². The van der Waals surface area contributed by atoms with Crippen LogP contribution in [0.1, 0.15) is 75.7 Å². The van der Waals surface area contributed by atoms with Crippen molar-refractivity contribution in [2.24, 2.45) is 0 Å². The van der Waals surface area contributed by atoms with E-state index in [2.05, 4.69) is 32.9 Å². The quantitative estimate of drug-likeness (QED) is 0.736. The lowest BCUT2D eigenvalue weighted by Crippen LogP contribution is -2.43. The second-order valence-electron chi connectivity index (χ2n) is 7.14. The van der Waals surface area contributed by atoms with Crippen molar-refractivity contribution in [1.82, 2.24) is 0 Å². The van der Waals surface area contributed by atoms with Crippen LogP contribution in [0.3, 0.4) is 0 Å². The summed E-state index contributed by atoms with van der Waals surface area (Å²) in [6, 6.07) is 8.10. The molecule has 0 aliphatic heterocycles. The van der Waals surface area contributed by atoms with Gasteiger partial charge in [0.1, 0.15) is 5.60 Å². The van der Waals surface area contributed by atoms with Crippen LogP contribution >= 0.6 is 0 Å². The summed E-state index contributed by atoms with van der Waals surface area (Å²) >= 11 is 0. The van der Waals surface area contributed by atoms with Gasteiger partial charge in [-0.25, -0.2) is 0 Å². The van der Waals surface area contributed by atoms with Crippen LogP contribution in [0.5, 0.6) is 0 Å². The molecule has 0 atom stereocenters. The van der Waals surface area contributed by atoms with Gasteiger partial charge in [0.2, 0.25) is 0 Å². The van der Waals surface area contributed by atoms with Gasteiger partial charge in [-0.2, -0.15) is 0 Å². The molecule has 1 fully saturated rings. The summed E-state index contributed by atoms with van der Waals surface area (Å²) in [5.74, 6) is 0.171. The highest BCUT2D eigenvalue weighted by Crippen LogP contribution is 2.35. The van der Waals surface area contributed by atoms with Gasteiger partial charge in [-0.05, 0) is 30.7 Å². The molecule has 0 heterocycles. The predicted octanol–water partition coefficient (Wildman–Crippen LogP) is 4.91. The predicted molar refractivity (Wildman–Crippen MR) is 86.9 cm³/mol. The number of hydrogen-bond donors (Lipinski definition) is 0. The second-order valence-corrected chi connectivity index (χ2v) is 7.14. The third kappa shape index (κ3) is 3.55. The van der Waals surface area contributed by atoms with Crippen molar-refractivity contribution in [2.45, 2.75) is 70.8 Å². The highest BCUT2D eigenvalue weighted by molar-refractivity contribution is 6.02. The third-order valence-corrected chi connectivity index (χ3v) is 4.51. The van der Waals surface area contributed by atoms with Gasteiger partial charge in [0.15, 0.2) is 5.78 Å². The molecule has 0 bridgehead atoms. The van der Waals surface area contributed by atoms with Gasteiger partial charge in [0.25, 0.3) is 0 Å². The minimum Gasteiger partial charge on any atom is -0.367 e. The summed E-state index contributed by atoms with van der Waals surface area (Å²) in [6.07, 6.45) is 5.12. The Bertz CT molecular complexity index is 468. The summed E-state index contributed by atoms with van der Waals surface area (Å²) in [5.41, 5.74) is 1.59. The fourth-order valence-electron chi connectivity index (χ4n) is 3.22. The first-order valence-electron chi connectivity index (χ1n) is 8.18. The van der Waals surface area contributed by atoms with Crippen molar-refractivity contribution in [3.8, 4) is 0 Å². The number of ketones is 1. The van der Waals surface area contributed by atoms with Crippen LogP contribution in [-0.4, -0.2) is 18.0 Å². The van der Waals surface area contributed by atoms with Crippen LogP contribution in [0.25, 0.3) is 0 Å². The van der Waals surface area contributed by atoms with Gasteiger partial charge in [-0.3, -0.25) is 4.79 Å². The van der Waals surface area contributed by atoms with Gasteiger partial charge in [0, 0.05) is 12.2 Å². The molecule has 21 heavy (non-hydrogen) atoms. The fraction of sp³-hybridized carbons (Fsp3) is 0.632. The van der Waals surface area contributed by atoms with E-state index in [1.54, 1.807) is 0 Å². The normalized spacial score (nSPS) is 18.5. The van der Waals surface area contributed by atoms with Crippen LogP contribution in [0.2, 0.25) is 0 Å². The van der Waals surface area contributed by atoms with Crippen molar-refractivity contribution in [3.63, 3.8) is 0 Å². The highest BCUT2D eigenvalue weighted by Gasteiger charge is 2.40. The maximum absolute atomic E-state index is 12.9. The Labute approximate surface area is 128 Å². The van der Waals surface area contributed by atoms with Gasteiger partial charge in [-0.1, -0.05) is 64.3 Å². The molecular formula is C19H28O2. The molecule has 1 aromatic rings. The summed E-state index contributed by atoms with van der Waals surface area (Å²) < 4.78 is 5.93. The van der Waals surface area contributed by atoms with E-state index in [1.807, 2.05) is 19.1 Å². The Morgan fingerprint density at radius 3 is 2.14 bits per heavy atom. The molecule has 0 aromatic heterocycles. The summed E-state index contributed by atoms with van der Waals surface area (Å²) in [6.45, 7) is 9.14. The first-order chi connectivity index (χ1) is 9.89. The number of benzene rings is 1. The molecule has 2 heteroatoms. The minimum absolute atomic E-state index is 0.115. The number of ether oxygens (including phenoxy) is 1. The molecule has 2 nitrogen and oxygen atoms in total. The molecule has 116 valence electrons. The molecule has 0 saturated heterocycles. The van der Waals surface area contributed by atoms with Crippen molar-refractivity contribution in [3.05, 3.63) is 35.4 Å². The molecule has 0 N–H and O–H groups in total. The Balaban J connectivity index is 2.25. The Hall–Kier alpha value is -1.15. The van der Waals surface area contributed by atoms with Crippen LogP contribution in [0, 0.1) is 0 Å². The number of Topliss-reactive ketones (excluding diaryl/α,β-unsaturated/α-hetero) is 1. The molecular weight excluding hydrogens is 260 g/mol. The summed E-state index contributed by atoms with van der Waals surface area (Å²) in [4.78, 5) is 12.9. The zero-order valence-corrected chi connectivity index (χ0v) is 13.9. The van der Waals surface area contributed by atoms with Crippen molar-refractivity contribution >= 4 is 5.78 Å². The Morgan fingerprint density at radius 1 is 1.10 bits per heavy atom. The third-order valence-electron chi connectivity index (χ3n) is 4.51. The van der Waals surface area contributed by atoms with Crippen molar-refractivity contribution in [1.29, 1.82) is 0 Å². The first-order valence-corrected chi connectivity index (χ1v) is 8.18. The van der Waals surface area contributed by atoms with Crippen LogP contribution in [0.15, 0.2) is 24.3 Å². The van der Waals surface area contributed by atoms with E-state index in [1.165, 1.54) is 12.0 Å². The number of carbonyl (C=O) groups is 1. The topological polar surface area (TPSA) is 26.3 Å². The molecule has 0 unspecified atom stereocenters. The highest BCUT2D eigenvalue weighted by atomic mass is 16.5. The van der Waals surface area contributed by atoms with E-state index in [0.29, 0.717) is 6.61 Å². The Kier molecular flexibility index (Phi) is 4.88. The van der Waals surface area contributed by atoms with E-state index in [4.69, 9.17) is 4.74 Å². The first kappa shape index (κ1) is 16.2. The SMILES string of the molecule is CCOC1(C(=O)c2ccc(C(C)(C)C)cc2)CCCCC1. The average Bonchev–Trinajstić information content (AvgIpc) is 2.47. The zero-order valence-electron chi connectivity index (χ0n) is 13.9. The van der Waals surface area contributed by atoms with Gasteiger partial charge < -0.3 is 4.74 Å². The van der Waals surface area contributed by atoms with Crippen molar-refractivity contribution in [2.75, 3.05) is 6.61 Å². The van der Waals surface area contributed by atoms with E-state index in [9.17, 15) is 4.79 Å². The molecule has 1 aliphatic carbocycles. The van der Waals surface area contributed by atoms with Crippen LogP contribution in [-0.2, 0) is 10.2 Å². The molecule has 1 saturated carbocycles. The zero-order chi connectivity index (χ0) is 15.5. The maximum Gasteiger partial charge on any atom is 0.194 e. The number of carbonyl (C=O) groups excluding carboxylic acids is 1. The molecule has 0 radical (unpaired) electrons. The van der Waals surface area contributed by atoms with Crippen LogP contribution in [0.4, 0.5) is 0 Å². The minimum atomic E-state index is -0.573. The largest absolute Gasteiger partial charge is 0.367 e. The fourth-order valence-corrected chi connectivity index (χ4v) is 3.22. The average molecular weight is 288 g/mol. The molecule has 2 rings (SSSR count). The van der Waals surface area contributed by atoms with Gasteiger partial charge in [-0.15, -0.1) is 0 Å². The second kappa shape index (κ2) is 6.31.